The lowest BCUT2D eigenvalue weighted by Crippen LogP contribution is -2.27. The predicted octanol–water partition coefficient (Wildman–Crippen LogP) is 3.59. The van der Waals surface area contributed by atoms with Crippen LogP contribution in [0, 0.1) is 5.41 Å². The average Bonchev–Trinajstić information content (AvgIpc) is 2.27. The fourth-order valence-corrected chi connectivity index (χ4v) is 4.08. The lowest BCUT2D eigenvalue weighted by Gasteiger charge is -2.26. The van der Waals surface area contributed by atoms with Crippen LogP contribution in [0.15, 0.2) is 30.3 Å². The van der Waals surface area contributed by atoms with Crippen LogP contribution in [0.5, 0.6) is 0 Å². The van der Waals surface area contributed by atoms with Crippen molar-refractivity contribution >= 4 is 18.2 Å². The molecule has 0 radical (unpaired) electrons. The number of hydrogen-bond acceptors (Lipinski definition) is 3. The van der Waals surface area contributed by atoms with Crippen molar-refractivity contribution in [3.05, 3.63) is 30.3 Å². The van der Waals surface area contributed by atoms with Gasteiger partial charge in [-0.1, -0.05) is 39.0 Å². The third kappa shape index (κ3) is 3.30. The molecule has 100 valence electrons. The number of carbonyl (C=O) groups excluding carboxylic acids is 1. The van der Waals surface area contributed by atoms with Crippen LogP contribution in [0.3, 0.4) is 0 Å². The summed E-state index contributed by atoms with van der Waals surface area (Å²) in [6.45, 7) is 8.84. The van der Waals surface area contributed by atoms with E-state index in [0.717, 1.165) is 0 Å². The van der Waals surface area contributed by atoms with Crippen LogP contribution in [0.4, 0.5) is 0 Å². The first-order valence-electron chi connectivity index (χ1n) is 6.07. The summed E-state index contributed by atoms with van der Waals surface area (Å²) < 4.78 is 18.5. The van der Waals surface area contributed by atoms with Crippen LogP contribution in [0.2, 0.25) is 0 Å². The second kappa shape index (κ2) is 5.38. The Bertz CT molecular complexity index is 458. The molecule has 1 aromatic carbocycles. The summed E-state index contributed by atoms with van der Waals surface area (Å²) in [6.07, 6.45) is -0.262. The highest BCUT2D eigenvalue weighted by molar-refractivity contribution is 7.83. The van der Waals surface area contributed by atoms with E-state index in [9.17, 15) is 9.36 Å². The van der Waals surface area contributed by atoms with Gasteiger partial charge in [-0.15, -0.1) is 0 Å². The van der Waals surface area contributed by atoms with Gasteiger partial charge in [-0.3, -0.25) is 9.36 Å². The summed E-state index contributed by atoms with van der Waals surface area (Å²) in [4.78, 5) is 12.4. The van der Waals surface area contributed by atoms with E-state index in [2.05, 4.69) is 0 Å². The molecule has 0 N–H and O–H groups in total. The molecule has 1 atom stereocenters. The maximum absolute atomic E-state index is 13.0. The van der Waals surface area contributed by atoms with Gasteiger partial charge in [-0.05, 0) is 26.0 Å². The molecular formula is C14H21O3P. The predicted molar refractivity (Wildman–Crippen MR) is 74.4 cm³/mol. The third-order valence-corrected chi connectivity index (χ3v) is 5.27. The monoisotopic (exact) mass is 268 g/mol. The highest BCUT2D eigenvalue weighted by atomic mass is 31.2. The van der Waals surface area contributed by atoms with Gasteiger partial charge in [0.2, 0.25) is 5.52 Å². The van der Waals surface area contributed by atoms with Crippen molar-refractivity contribution in [2.75, 3.05) is 0 Å². The zero-order valence-electron chi connectivity index (χ0n) is 11.6. The summed E-state index contributed by atoms with van der Waals surface area (Å²) >= 11 is 0. The van der Waals surface area contributed by atoms with Crippen LogP contribution in [0.1, 0.15) is 34.6 Å². The Kier molecular flexibility index (Phi) is 4.52. The Labute approximate surface area is 109 Å². The van der Waals surface area contributed by atoms with E-state index in [-0.39, 0.29) is 11.6 Å². The van der Waals surface area contributed by atoms with E-state index >= 15 is 0 Å². The van der Waals surface area contributed by atoms with Gasteiger partial charge >= 0.3 is 0 Å². The minimum Gasteiger partial charge on any atom is -0.317 e. The fraction of sp³-hybridized carbons (Fsp3) is 0.500. The van der Waals surface area contributed by atoms with E-state index in [0.29, 0.717) is 5.30 Å². The van der Waals surface area contributed by atoms with E-state index in [1.54, 1.807) is 58.9 Å². The van der Waals surface area contributed by atoms with Gasteiger partial charge in [-0.25, -0.2) is 0 Å². The Morgan fingerprint density at radius 1 is 1.17 bits per heavy atom. The number of carbonyl (C=O) groups is 1. The summed E-state index contributed by atoms with van der Waals surface area (Å²) in [5.74, 6) is 0. The largest absolute Gasteiger partial charge is 0.317 e. The summed E-state index contributed by atoms with van der Waals surface area (Å²) in [6, 6.07) is 8.73. The zero-order chi connectivity index (χ0) is 14.0. The van der Waals surface area contributed by atoms with E-state index in [4.69, 9.17) is 4.52 Å². The molecular weight excluding hydrogens is 247 g/mol. The molecule has 0 heterocycles. The van der Waals surface area contributed by atoms with Crippen molar-refractivity contribution in [2.45, 2.75) is 40.7 Å². The molecule has 0 amide bonds. The molecule has 0 spiro atoms. The highest BCUT2D eigenvalue weighted by Crippen LogP contribution is 2.52. The van der Waals surface area contributed by atoms with Gasteiger partial charge in [0.25, 0.3) is 7.37 Å². The second-order valence-electron chi connectivity index (χ2n) is 5.60. The van der Waals surface area contributed by atoms with Gasteiger partial charge in [0.05, 0.1) is 6.10 Å². The number of hydrogen-bond donors (Lipinski definition) is 0. The summed E-state index contributed by atoms with van der Waals surface area (Å²) in [5.41, 5.74) is -1.03. The first kappa shape index (κ1) is 15.1. The van der Waals surface area contributed by atoms with Crippen molar-refractivity contribution in [2.24, 2.45) is 5.41 Å². The molecule has 3 nitrogen and oxygen atoms in total. The summed E-state index contributed by atoms with van der Waals surface area (Å²) in [7, 11) is -3.48. The first-order chi connectivity index (χ1) is 8.18. The fourth-order valence-electron chi connectivity index (χ4n) is 1.59. The molecule has 0 saturated heterocycles. The lowest BCUT2D eigenvalue weighted by atomic mass is 9.99. The van der Waals surface area contributed by atoms with Crippen LogP contribution >= 0.6 is 7.37 Å². The molecule has 0 aliphatic rings. The van der Waals surface area contributed by atoms with Crippen molar-refractivity contribution in [1.29, 1.82) is 0 Å². The van der Waals surface area contributed by atoms with Crippen molar-refractivity contribution in [3.8, 4) is 0 Å². The maximum Gasteiger partial charge on any atom is 0.296 e. The Morgan fingerprint density at radius 2 is 1.67 bits per heavy atom. The minimum absolute atomic E-state index is 0.262. The second-order valence-corrected chi connectivity index (χ2v) is 7.83. The van der Waals surface area contributed by atoms with Crippen molar-refractivity contribution in [3.63, 3.8) is 0 Å². The highest BCUT2D eigenvalue weighted by Gasteiger charge is 2.42. The molecule has 1 unspecified atom stereocenters. The van der Waals surface area contributed by atoms with Crippen molar-refractivity contribution < 1.29 is 13.9 Å². The molecule has 0 aliphatic heterocycles. The van der Waals surface area contributed by atoms with Crippen LogP contribution in [0.25, 0.3) is 0 Å². The van der Waals surface area contributed by atoms with E-state index in [1.165, 1.54) is 0 Å². The number of rotatable bonds is 4. The van der Waals surface area contributed by atoms with Gasteiger partial charge in [0.1, 0.15) is 0 Å². The minimum atomic E-state index is -3.48. The zero-order valence-corrected chi connectivity index (χ0v) is 12.5. The Morgan fingerprint density at radius 3 is 2.06 bits per heavy atom. The van der Waals surface area contributed by atoms with Gasteiger partial charge in [-0.2, -0.15) is 0 Å². The molecule has 4 heteroatoms. The van der Waals surface area contributed by atoms with Gasteiger partial charge in [0.15, 0.2) is 0 Å². The quantitative estimate of drug-likeness (QED) is 0.784. The number of benzene rings is 1. The maximum atomic E-state index is 13.0. The molecule has 18 heavy (non-hydrogen) atoms. The lowest BCUT2D eigenvalue weighted by molar-refractivity contribution is -0.119. The van der Waals surface area contributed by atoms with E-state index in [1.807, 2.05) is 6.07 Å². The normalized spacial score (nSPS) is 15.4. The molecule has 0 bridgehead atoms. The Hall–Kier alpha value is -0.920. The SMILES string of the molecule is CC(C)OP(=O)(C(=O)C(C)(C)C)c1ccccc1. The third-order valence-electron chi connectivity index (χ3n) is 2.36. The smallest absolute Gasteiger partial charge is 0.296 e. The van der Waals surface area contributed by atoms with Gasteiger partial charge < -0.3 is 4.52 Å². The molecule has 0 aliphatic carbocycles. The molecule has 0 aromatic heterocycles. The van der Waals surface area contributed by atoms with Gasteiger partial charge in [0, 0.05) is 10.7 Å². The Balaban J connectivity index is 3.29. The topological polar surface area (TPSA) is 43.4 Å². The van der Waals surface area contributed by atoms with E-state index < -0.39 is 12.8 Å². The summed E-state index contributed by atoms with van der Waals surface area (Å²) in [5, 5.41) is 0.471. The molecule has 1 aromatic rings. The molecule has 0 fully saturated rings. The standard InChI is InChI=1S/C14H21O3P/c1-11(2)17-18(16,13(15)14(3,4)5)12-9-7-6-8-10-12/h6-11H,1-5H3. The van der Waals surface area contributed by atoms with Crippen molar-refractivity contribution in [1.82, 2.24) is 0 Å². The van der Waals surface area contributed by atoms with Crippen LogP contribution in [-0.2, 0) is 13.9 Å². The average molecular weight is 268 g/mol. The van der Waals surface area contributed by atoms with Crippen LogP contribution < -0.4 is 5.30 Å². The molecule has 0 saturated carbocycles. The molecule has 1 rings (SSSR count). The van der Waals surface area contributed by atoms with Crippen LogP contribution in [-0.4, -0.2) is 11.6 Å². The first-order valence-corrected chi connectivity index (χ1v) is 7.69.